The molecular formula is C18H21N5O5. The van der Waals surface area contributed by atoms with Crippen molar-refractivity contribution in [1.82, 2.24) is 19.5 Å². The molecule has 0 amide bonds. The van der Waals surface area contributed by atoms with Gasteiger partial charge < -0.3 is 30.4 Å². The third kappa shape index (κ3) is 3.27. The summed E-state index contributed by atoms with van der Waals surface area (Å²) in [6.45, 7) is 0.0617. The molecule has 1 fully saturated rings. The summed E-state index contributed by atoms with van der Waals surface area (Å²) in [6.07, 6.45) is -2.64. The van der Waals surface area contributed by atoms with Gasteiger partial charge in [-0.3, -0.25) is 9.36 Å². The molecule has 1 aliphatic heterocycles. The van der Waals surface area contributed by atoms with E-state index in [0.717, 1.165) is 5.56 Å². The number of aromatic amines is 1. The smallest absolute Gasteiger partial charge is 0.278 e. The molecule has 148 valence electrons. The van der Waals surface area contributed by atoms with Crippen LogP contribution in [0.15, 0.2) is 41.5 Å². The summed E-state index contributed by atoms with van der Waals surface area (Å²) in [5.74, 6) is 0.282. The number of hydrogen-bond acceptors (Lipinski definition) is 8. The molecule has 0 aliphatic carbocycles. The van der Waals surface area contributed by atoms with Crippen molar-refractivity contribution in [1.29, 1.82) is 0 Å². The maximum atomic E-state index is 12.1. The fraction of sp³-hybridized carbons (Fsp3) is 0.389. The van der Waals surface area contributed by atoms with Crippen LogP contribution in [-0.2, 0) is 11.2 Å². The first-order valence-electron chi connectivity index (χ1n) is 8.96. The molecule has 4 rings (SSSR count). The summed E-state index contributed by atoms with van der Waals surface area (Å²) >= 11 is 0. The van der Waals surface area contributed by atoms with Crippen LogP contribution in [0.25, 0.3) is 11.2 Å². The van der Waals surface area contributed by atoms with Gasteiger partial charge in [0.05, 0.1) is 12.9 Å². The molecule has 0 saturated carbocycles. The monoisotopic (exact) mass is 387 g/mol. The van der Waals surface area contributed by atoms with Crippen LogP contribution in [0.2, 0.25) is 0 Å². The van der Waals surface area contributed by atoms with Crippen molar-refractivity contribution in [3.05, 3.63) is 52.6 Å². The van der Waals surface area contributed by atoms with Gasteiger partial charge in [-0.1, -0.05) is 30.3 Å². The van der Waals surface area contributed by atoms with Gasteiger partial charge in [-0.2, -0.15) is 0 Å². The van der Waals surface area contributed by atoms with E-state index in [1.54, 1.807) is 0 Å². The van der Waals surface area contributed by atoms with Gasteiger partial charge in [-0.05, 0) is 12.0 Å². The number of fused-ring (bicyclic) bond motifs is 1. The predicted molar refractivity (Wildman–Crippen MR) is 99.8 cm³/mol. The van der Waals surface area contributed by atoms with E-state index in [2.05, 4.69) is 20.3 Å². The number of anilines is 1. The Morgan fingerprint density at radius 1 is 1.21 bits per heavy atom. The van der Waals surface area contributed by atoms with E-state index >= 15 is 0 Å². The summed E-state index contributed by atoms with van der Waals surface area (Å²) in [5, 5.41) is 33.0. The van der Waals surface area contributed by atoms with Gasteiger partial charge in [0.1, 0.15) is 18.3 Å². The third-order valence-corrected chi connectivity index (χ3v) is 4.79. The number of aliphatic hydroxyl groups is 3. The van der Waals surface area contributed by atoms with Crippen LogP contribution in [0, 0.1) is 0 Å². The molecule has 1 saturated heterocycles. The van der Waals surface area contributed by atoms with E-state index < -0.39 is 36.7 Å². The highest BCUT2D eigenvalue weighted by Gasteiger charge is 2.45. The molecule has 10 heteroatoms. The number of aliphatic hydroxyl groups excluding tert-OH is 3. The second-order valence-electron chi connectivity index (χ2n) is 6.60. The lowest BCUT2D eigenvalue weighted by Gasteiger charge is -2.19. The molecule has 0 spiro atoms. The standard InChI is InChI=1S/C18H21N5O5/c24-8-11-13(25)14(26)17(28-11)23-15-12(16(27)21-9-20-15)22-18(23)19-7-6-10-4-2-1-3-5-10/h1-5,9,11,13-14,17,24-26H,6-8H2,(H,19,22)(H,20,21,27)/t11-,13+,14+,17-/m0/s1. The number of benzene rings is 1. The zero-order valence-electron chi connectivity index (χ0n) is 14.9. The van der Waals surface area contributed by atoms with Crippen LogP contribution in [0.3, 0.4) is 0 Å². The first-order valence-corrected chi connectivity index (χ1v) is 8.96. The molecule has 0 bridgehead atoms. The van der Waals surface area contributed by atoms with Gasteiger partial charge in [0, 0.05) is 6.54 Å². The minimum atomic E-state index is -1.31. The van der Waals surface area contributed by atoms with Crippen LogP contribution < -0.4 is 10.9 Å². The van der Waals surface area contributed by atoms with Crippen LogP contribution in [-0.4, -0.2) is 66.3 Å². The minimum Gasteiger partial charge on any atom is -0.394 e. The van der Waals surface area contributed by atoms with Crippen molar-refractivity contribution in [2.75, 3.05) is 18.5 Å². The second kappa shape index (κ2) is 7.68. The van der Waals surface area contributed by atoms with Crippen molar-refractivity contribution in [3.8, 4) is 0 Å². The zero-order chi connectivity index (χ0) is 19.7. The summed E-state index contributed by atoms with van der Waals surface area (Å²) in [5.41, 5.74) is 0.992. The Bertz CT molecular complexity index is 1000. The van der Waals surface area contributed by atoms with Gasteiger partial charge in [0.15, 0.2) is 17.4 Å². The number of H-pyrrole nitrogens is 1. The topological polar surface area (TPSA) is 146 Å². The fourth-order valence-electron chi connectivity index (χ4n) is 3.34. The predicted octanol–water partition coefficient (Wildman–Crippen LogP) is -0.614. The number of nitrogens with zero attached hydrogens (tertiary/aromatic N) is 3. The maximum absolute atomic E-state index is 12.1. The van der Waals surface area contributed by atoms with Crippen LogP contribution >= 0.6 is 0 Å². The Morgan fingerprint density at radius 3 is 2.71 bits per heavy atom. The number of ether oxygens (including phenoxy) is 1. The lowest BCUT2D eigenvalue weighted by Crippen LogP contribution is -2.33. The van der Waals surface area contributed by atoms with Crippen LogP contribution in [0.1, 0.15) is 11.8 Å². The molecular weight excluding hydrogens is 366 g/mol. The molecule has 4 atom stereocenters. The Labute approximate surface area is 159 Å². The normalized spacial score (nSPS) is 24.7. The highest BCUT2D eigenvalue weighted by Crippen LogP contribution is 2.33. The average molecular weight is 387 g/mol. The lowest BCUT2D eigenvalue weighted by molar-refractivity contribution is -0.0501. The summed E-state index contributed by atoms with van der Waals surface area (Å²) in [4.78, 5) is 23.1. The second-order valence-corrected chi connectivity index (χ2v) is 6.60. The van der Waals surface area contributed by atoms with E-state index in [9.17, 15) is 20.1 Å². The Balaban J connectivity index is 1.67. The molecule has 1 aliphatic rings. The average Bonchev–Trinajstić information content (AvgIpc) is 3.21. The summed E-state index contributed by atoms with van der Waals surface area (Å²) in [7, 11) is 0. The number of hydrogen-bond donors (Lipinski definition) is 5. The molecule has 28 heavy (non-hydrogen) atoms. The van der Waals surface area contributed by atoms with E-state index in [1.165, 1.54) is 10.9 Å². The number of rotatable bonds is 6. The van der Waals surface area contributed by atoms with Crippen LogP contribution in [0.5, 0.6) is 0 Å². The Hall–Kier alpha value is -2.79. The highest BCUT2D eigenvalue weighted by atomic mass is 16.6. The van der Waals surface area contributed by atoms with E-state index in [1.807, 2.05) is 30.3 Å². The Kier molecular flexibility index (Phi) is 5.09. The van der Waals surface area contributed by atoms with E-state index in [-0.39, 0.29) is 17.1 Å². The molecule has 0 unspecified atom stereocenters. The van der Waals surface area contributed by atoms with Gasteiger partial charge in [-0.25, -0.2) is 9.97 Å². The largest absolute Gasteiger partial charge is 0.394 e. The minimum absolute atomic E-state index is 0.0856. The Morgan fingerprint density at radius 2 is 2.00 bits per heavy atom. The number of imidazole rings is 1. The first-order chi connectivity index (χ1) is 13.6. The molecule has 5 N–H and O–H groups in total. The molecule has 0 radical (unpaired) electrons. The van der Waals surface area contributed by atoms with Crippen molar-refractivity contribution >= 4 is 17.1 Å². The van der Waals surface area contributed by atoms with Gasteiger partial charge in [0.2, 0.25) is 5.95 Å². The van der Waals surface area contributed by atoms with Crippen LogP contribution in [0.4, 0.5) is 5.95 Å². The highest BCUT2D eigenvalue weighted by molar-refractivity contribution is 5.73. The van der Waals surface area contributed by atoms with Gasteiger partial charge in [-0.15, -0.1) is 0 Å². The summed E-state index contributed by atoms with van der Waals surface area (Å²) < 4.78 is 7.06. The van der Waals surface area contributed by atoms with E-state index in [4.69, 9.17) is 4.74 Å². The van der Waals surface area contributed by atoms with Gasteiger partial charge >= 0.3 is 0 Å². The van der Waals surface area contributed by atoms with Crippen molar-refractivity contribution in [3.63, 3.8) is 0 Å². The van der Waals surface area contributed by atoms with Gasteiger partial charge in [0.25, 0.3) is 5.56 Å². The third-order valence-electron chi connectivity index (χ3n) is 4.79. The van der Waals surface area contributed by atoms with Crippen molar-refractivity contribution in [2.45, 2.75) is 31.0 Å². The molecule has 10 nitrogen and oxygen atoms in total. The lowest BCUT2D eigenvalue weighted by atomic mass is 10.1. The fourth-order valence-corrected chi connectivity index (χ4v) is 3.34. The SMILES string of the molecule is O=c1[nH]cnc2c1nc(NCCc1ccccc1)n2[C@H]1O[C@@H](CO)[C@@H](O)[C@H]1O. The molecule has 1 aromatic carbocycles. The number of aromatic nitrogens is 4. The van der Waals surface area contributed by atoms with Crippen molar-refractivity contribution < 1.29 is 20.1 Å². The molecule has 2 aromatic heterocycles. The number of nitrogens with one attached hydrogen (secondary N) is 2. The quantitative estimate of drug-likeness (QED) is 0.376. The summed E-state index contributed by atoms with van der Waals surface area (Å²) in [6, 6.07) is 9.85. The first kappa shape index (κ1) is 18.6. The zero-order valence-corrected chi connectivity index (χ0v) is 14.9. The van der Waals surface area contributed by atoms with E-state index in [0.29, 0.717) is 13.0 Å². The molecule has 3 heterocycles. The maximum Gasteiger partial charge on any atom is 0.278 e. The molecule has 3 aromatic rings. The van der Waals surface area contributed by atoms with Crippen molar-refractivity contribution in [2.24, 2.45) is 0 Å².